The number of nitrogens with one attached hydrogen (secondary N) is 1. The van der Waals surface area contributed by atoms with E-state index in [0.29, 0.717) is 6.04 Å². The molecule has 0 fully saturated rings. The van der Waals surface area contributed by atoms with Gasteiger partial charge in [-0.25, -0.2) is 0 Å². The van der Waals surface area contributed by atoms with Crippen molar-refractivity contribution in [2.45, 2.75) is 26.3 Å². The van der Waals surface area contributed by atoms with E-state index in [0.717, 1.165) is 6.42 Å². The molecule has 1 heterocycles. The van der Waals surface area contributed by atoms with E-state index in [1.54, 1.807) is 11.3 Å². The molecule has 1 N–H and O–H groups in total. The van der Waals surface area contributed by atoms with Gasteiger partial charge in [0.05, 0.1) is 3.79 Å². The average molecular weight is 324 g/mol. The van der Waals surface area contributed by atoms with E-state index in [1.165, 1.54) is 25.4 Å². The fraction of sp³-hybridized carbons (Fsp3) is 0.333. The first-order valence-corrected chi connectivity index (χ1v) is 7.69. The molecule has 0 radical (unpaired) electrons. The van der Waals surface area contributed by atoms with Gasteiger partial charge in [0.15, 0.2) is 0 Å². The maximum Gasteiger partial charge on any atom is 0.0701 e. The number of rotatable bonds is 4. The number of thiophene rings is 1. The van der Waals surface area contributed by atoms with Gasteiger partial charge in [0.2, 0.25) is 0 Å². The molecule has 0 amide bonds. The first kappa shape index (κ1) is 13.8. The lowest BCUT2D eigenvalue weighted by Crippen LogP contribution is -2.17. The number of hydrogen-bond acceptors (Lipinski definition) is 2. The molecule has 1 aromatic heterocycles. The highest BCUT2D eigenvalue weighted by atomic mass is 79.9. The van der Waals surface area contributed by atoms with Crippen LogP contribution in [0.5, 0.6) is 0 Å². The fourth-order valence-corrected chi connectivity index (χ4v) is 3.82. The van der Waals surface area contributed by atoms with Crippen LogP contribution in [-0.4, -0.2) is 7.05 Å². The summed E-state index contributed by atoms with van der Waals surface area (Å²) in [5.41, 5.74) is 4.08. The molecule has 0 bridgehead atoms. The summed E-state index contributed by atoms with van der Waals surface area (Å²) in [5.74, 6) is 0. The van der Waals surface area contributed by atoms with Crippen molar-refractivity contribution in [3.05, 3.63) is 55.7 Å². The molecule has 0 aliphatic carbocycles. The Morgan fingerprint density at radius 1 is 1.17 bits per heavy atom. The van der Waals surface area contributed by atoms with Gasteiger partial charge in [-0.3, -0.25) is 0 Å². The molecule has 2 rings (SSSR count). The lowest BCUT2D eigenvalue weighted by atomic mass is 10.0. The van der Waals surface area contributed by atoms with Crippen LogP contribution in [0.1, 0.15) is 27.6 Å². The zero-order chi connectivity index (χ0) is 13.1. The first-order chi connectivity index (χ1) is 8.58. The zero-order valence-corrected chi connectivity index (χ0v) is 13.4. The predicted molar refractivity (Wildman–Crippen MR) is 83.4 cm³/mol. The van der Waals surface area contributed by atoms with Crippen molar-refractivity contribution in [3.63, 3.8) is 0 Å². The van der Waals surface area contributed by atoms with Crippen LogP contribution in [-0.2, 0) is 6.42 Å². The van der Waals surface area contributed by atoms with Gasteiger partial charge in [-0.2, -0.15) is 0 Å². The highest BCUT2D eigenvalue weighted by molar-refractivity contribution is 9.11. The fourth-order valence-electron chi connectivity index (χ4n) is 2.28. The maximum absolute atomic E-state index is 3.53. The molecule has 96 valence electrons. The van der Waals surface area contributed by atoms with Crippen LogP contribution in [0.4, 0.5) is 0 Å². The van der Waals surface area contributed by atoms with E-state index in [1.807, 2.05) is 7.05 Å². The number of halogens is 1. The van der Waals surface area contributed by atoms with Gasteiger partial charge < -0.3 is 5.32 Å². The van der Waals surface area contributed by atoms with Crippen LogP contribution in [0, 0.1) is 13.8 Å². The van der Waals surface area contributed by atoms with Crippen LogP contribution in [0.15, 0.2) is 34.1 Å². The molecule has 3 heteroatoms. The van der Waals surface area contributed by atoms with Crippen LogP contribution in [0.25, 0.3) is 0 Å². The van der Waals surface area contributed by atoms with Crippen LogP contribution >= 0.6 is 27.3 Å². The van der Waals surface area contributed by atoms with Gasteiger partial charge in [-0.15, -0.1) is 11.3 Å². The van der Waals surface area contributed by atoms with Gasteiger partial charge >= 0.3 is 0 Å². The Hall–Kier alpha value is -0.640. The molecule has 2 aromatic rings. The van der Waals surface area contributed by atoms with E-state index in [2.05, 4.69) is 65.4 Å². The summed E-state index contributed by atoms with van der Waals surface area (Å²) in [7, 11) is 2.03. The summed E-state index contributed by atoms with van der Waals surface area (Å²) in [6, 6.07) is 11.5. The van der Waals surface area contributed by atoms with E-state index in [9.17, 15) is 0 Å². The molecule has 0 saturated heterocycles. The van der Waals surface area contributed by atoms with Crippen LogP contribution in [0.3, 0.4) is 0 Å². The number of aryl methyl sites for hydroxylation is 2. The Kier molecular flexibility index (Phi) is 4.60. The minimum Gasteiger partial charge on any atom is -0.312 e. The molecule has 1 nitrogen and oxygen atoms in total. The Bertz CT molecular complexity index is 513. The molecule has 0 saturated carbocycles. The molecule has 18 heavy (non-hydrogen) atoms. The summed E-state index contributed by atoms with van der Waals surface area (Å²) < 4.78 is 1.19. The smallest absolute Gasteiger partial charge is 0.0701 e. The van der Waals surface area contributed by atoms with Crippen molar-refractivity contribution >= 4 is 27.3 Å². The summed E-state index contributed by atoms with van der Waals surface area (Å²) in [5, 5.41) is 3.41. The quantitative estimate of drug-likeness (QED) is 0.864. The molecule has 0 aliphatic rings. The molecular formula is C15H18BrNS. The average Bonchev–Trinajstić information content (AvgIpc) is 2.71. The second-order valence-corrected chi connectivity index (χ2v) is 7.18. The third-order valence-electron chi connectivity index (χ3n) is 3.01. The lowest BCUT2D eigenvalue weighted by molar-refractivity contribution is 0.602. The van der Waals surface area contributed by atoms with Crippen molar-refractivity contribution < 1.29 is 0 Å². The maximum atomic E-state index is 3.53. The summed E-state index contributed by atoms with van der Waals surface area (Å²) in [6.07, 6.45) is 1.03. The zero-order valence-electron chi connectivity index (χ0n) is 11.0. The SMILES string of the molecule is CNC(Cc1cc(C)cc(C)c1)c1ccc(Br)s1. The van der Waals surface area contributed by atoms with Crippen molar-refractivity contribution in [3.8, 4) is 0 Å². The predicted octanol–water partition coefficient (Wildman–Crippen LogP) is 4.63. The molecule has 1 unspecified atom stereocenters. The van der Waals surface area contributed by atoms with E-state index >= 15 is 0 Å². The van der Waals surface area contributed by atoms with Crippen molar-refractivity contribution in [2.24, 2.45) is 0 Å². The molecule has 1 aromatic carbocycles. The standard InChI is InChI=1S/C15H18BrNS/c1-10-6-11(2)8-12(7-10)9-13(17-3)14-4-5-15(16)18-14/h4-8,13,17H,9H2,1-3H3. The van der Waals surface area contributed by atoms with Crippen LogP contribution in [0.2, 0.25) is 0 Å². The highest BCUT2D eigenvalue weighted by Gasteiger charge is 2.12. The highest BCUT2D eigenvalue weighted by Crippen LogP contribution is 2.29. The van der Waals surface area contributed by atoms with Gasteiger partial charge in [-0.05, 0) is 60.9 Å². The number of likely N-dealkylation sites (N-methyl/N-ethyl adjacent to an activating group) is 1. The number of benzene rings is 1. The molecule has 1 atom stereocenters. The lowest BCUT2D eigenvalue weighted by Gasteiger charge is -2.15. The largest absolute Gasteiger partial charge is 0.312 e. The summed E-state index contributed by atoms with van der Waals surface area (Å²) in [6.45, 7) is 4.32. The van der Waals surface area contributed by atoms with Crippen molar-refractivity contribution in [1.82, 2.24) is 5.32 Å². The van der Waals surface area contributed by atoms with E-state index < -0.39 is 0 Å². The first-order valence-electron chi connectivity index (χ1n) is 6.08. The minimum absolute atomic E-state index is 0.391. The summed E-state index contributed by atoms with van der Waals surface area (Å²) in [4.78, 5) is 1.38. The van der Waals surface area contributed by atoms with Gasteiger partial charge in [0, 0.05) is 10.9 Å². The Balaban J connectivity index is 2.20. The third kappa shape index (κ3) is 3.44. The third-order valence-corrected chi connectivity index (χ3v) is 4.74. The topological polar surface area (TPSA) is 12.0 Å². The van der Waals surface area contributed by atoms with Gasteiger partial charge in [0.25, 0.3) is 0 Å². The molecule has 0 aliphatic heterocycles. The van der Waals surface area contributed by atoms with E-state index in [-0.39, 0.29) is 0 Å². The monoisotopic (exact) mass is 323 g/mol. The van der Waals surface area contributed by atoms with Gasteiger partial charge in [-0.1, -0.05) is 29.3 Å². The Labute approximate surface area is 121 Å². The minimum atomic E-state index is 0.391. The Morgan fingerprint density at radius 3 is 2.33 bits per heavy atom. The normalized spacial score (nSPS) is 12.7. The van der Waals surface area contributed by atoms with E-state index in [4.69, 9.17) is 0 Å². The van der Waals surface area contributed by atoms with Gasteiger partial charge in [0.1, 0.15) is 0 Å². The van der Waals surface area contributed by atoms with Crippen LogP contribution < -0.4 is 5.32 Å². The molecular weight excluding hydrogens is 306 g/mol. The van der Waals surface area contributed by atoms with Crippen molar-refractivity contribution in [1.29, 1.82) is 0 Å². The summed E-state index contributed by atoms with van der Waals surface area (Å²) >= 11 is 5.33. The van der Waals surface area contributed by atoms with Crippen molar-refractivity contribution in [2.75, 3.05) is 7.05 Å². The number of hydrogen-bond donors (Lipinski definition) is 1. The second kappa shape index (κ2) is 6.00. The Morgan fingerprint density at radius 2 is 1.83 bits per heavy atom. The molecule has 0 spiro atoms. The second-order valence-electron chi connectivity index (χ2n) is 4.68.